The molecule has 116 valence electrons. The van der Waals surface area contributed by atoms with E-state index in [0.717, 1.165) is 16.6 Å². The molecule has 23 heavy (non-hydrogen) atoms. The van der Waals surface area contributed by atoms with Gasteiger partial charge in [0, 0.05) is 18.0 Å². The Morgan fingerprint density at radius 1 is 1.09 bits per heavy atom. The first-order chi connectivity index (χ1) is 11.2. The van der Waals surface area contributed by atoms with Crippen LogP contribution in [0.2, 0.25) is 0 Å². The van der Waals surface area contributed by atoms with E-state index < -0.39 is 0 Å². The van der Waals surface area contributed by atoms with Gasteiger partial charge in [-0.25, -0.2) is 0 Å². The molecule has 0 atom stereocenters. The quantitative estimate of drug-likeness (QED) is 0.611. The molecule has 0 aliphatic rings. The lowest BCUT2D eigenvalue weighted by atomic mass is 10.1. The lowest BCUT2D eigenvalue weighted by molar-refractivity contribution is 0.355. The third kappa shape index (κ3) is 1.92. The molecule has 0 aliphatic heterocycles. The number of ether oxygens (including phenoxy) is 2. The Morgan fingerprint density at radius 2 is 1.91 bits per heavy atom. The molecule has 1 aromatic carbocycles. The fraction of sp³-hybridized carbons (Fsp3) is 0.118. The predicted octanol–water partition coefficient (Wildman–Crippen LogP) is 2.79. The van der Waals surface area contributed by atoms with Crippen molar-refractivity contribution in [3.8, 4) is 22.6 Å². The number of nitrogens with zero attached hydrogens (tertiary/aromatic N) is 1. The van der Waals surface area contributed by atoms with Gasteiger partial charge in [0.2, 0.25) is 0 Å². The maximum absolute atomic E-state index is 12.1. The molecule has 0 bridgehead atoms. The van der Waals surface area contributed by atoms with E-state index in [1.54, 1.807) is 20.3 Å². The van der Waals surface area contributed by atoms with Crippen LogP contribution in [-0.2, 0) is 0 Å². The Hall–Kier alpha value is -3.15. The van der Waals surface area contributed by atoms with Gasteiger partial charge in [-0.05, 0) is 29.8 Å². The van der Waals surface area contributed by atoms with Crippen molar-refractivity contribution in [2.24, 2.45) is 0 Å². The van der Waals surface area contributed by atoms with E-state index in [0.29, 0.717) is 22.7 Å². The number of hydrogen-bond acceptors (Lipinski definition) is 3. The van der Waals surface area contributed by atoms with Gasteiger partial charge in [-0.3, -0.25) is 4.79 Å². The lowest BCUT2D eigenvalue weighted by Crippen LogP contribution is -2.09. The average molecular weight is 309 g/mol. The van der Waals surface area contributed by atoms with Crippen LogP contribution in [0.5, 0.6) is 11.5 Å². The first-order valence-corrected chi connectivity index (χ1v) is 7.16. The molecule has 0 spiro atoms. The zero-order chi connectivity index (χ0) is 16.0. The second kappa shape index (κ2) is 4.95. The lowest BCUT2D eigenvalue weighted by Gasteiger charge is -2.09. The molecule has 0 saturated heterocycles. The van der Waals surface area contributed by atoms with Gasteiger partial charge >= 0.3 is 0 Å². The molecular formula is C17H15N3O3. The number of H-pyrrole nitrogens is 2. The van der Waals surface area contributed by atoms with Crippen molar-refractivity contribution in [2.75, 3.05) is 14.2 Å². The first kappa shape index (κ1) is 13.5. The van der Waals surface area contributed by atoms with Crippen LogP contribution in [0.4, 0.5) is 0 Å². The maximum atomic E-state index is 12.1. The molecule has 0 fully saturated rings. The highest BCUT2D eigenvalue weighted by Crippen LogP contribution is 2.35. The summed E-state index contributed by atoms with van der Waals surface area (Å²) in [6.07, 6.45) is 3.76. The van der Waals surface area contributed by atoms with Crippen LogP contribution in [0.3, 0.4) is 0 Å². The zero-order valence-electron chi connectivity index (χ0n) is 12.7. The highest BCUT2D eigenvalue weighted by atomic mass is 16.5. The number of rotatable bonds is 3. The fourth-order valence-electron chi connectivity index (χ4n) is 2.92. The van der Waals surface area contributed by atoms with Crippen molar-refractivity contribution >= 4 is 16.7 Å². The van der Waals surface area contributed by atoms with Crippen LogP contribution in [0.1, 0.15) is 0 Å². The molecule has 0 amide bonds. The van der Waals surface area contributed by atoms with E-state index in [1.807, 2.05) is 41.1 Å². The van der Waals surface area contributed by atoms with Crippen LogP contribution in [0.15, 0.2) is 47.5 Å². The van der Waals surface area contributed by atoms with E-state index in [9.17, 15) is 4.79 Å². The highest BCUT2D eigenvalue weighted by Gasteiger charge is 2.14. The van der Waals surface area contributed by atoms with E-state index in [2.05, 4.69) is 9.97 Å². The molecule has 2 N–H and O–H groups in total. The van der Waals surface area contributed by atoms with Crippen LogP contribution < -0.4 is 15.0 Å². The summed E-state index contributed by atoms with van der Waals surface area (Å²) in [5, 5.41) is 0. The molecule has 0 unspecified atom stereocenters. The second-order valence-electron chi connectivity index (χ2n) is 5.21. The summed E-state index contributed by atoms with van der Waals surface area (Å²) in [7, 11) is 3.22. The van der Waals surface area contributed by atoms with Gasteiger partial charge in [-0.2, -0.15) is 0 Å². The van der Waals surface area contributed by atoms with Gasteiger partial charge in [0.25, 0.3) is 5.56 Å². The fourth-order valence-corrected chi connectivity index (χ4v) is 2.92. The smallest absolute Gasteiger partial charge is 0.273 e. The van der Waals surface area contributed by atoms with Crippen molar-refractivity contribution in [3.63, 3.8) is 0 Å². The number of aromatic nitrogens is 3. The van der Waals surface area contributed by atoms with E-state index in [4.69, 9.17) is 9.47 Å². The van der Waals surface area contributed by atoms with Crippen molar-refractivity contribution in [1.82, 2.24) is 14.4 Å². The summed E-state index contributed by atoms with van der Waals surface area (Å²) >= 11 is 0. The number of fused-ring (bicyclic) bond motifs is 3. The van der Waals surface area contributed by atoms with Crippen molar-refractivity contribution in [1.29, 1.82) is 0 Å². The molecule has 0 saturated carbocycles. The second-order valence-corrected chi connectivity index (χ2v) is 5.21. The SMILES string of the molecule is COc1ccc(-c2c[nH]c3[nH]c(=O)c4cccn4c23)cc1OC. The number of hydrogen-bond donors (Lipinski definition) is 2. The predicted molar refractivity (Wildman–Crippen MR) is 88.4 cm³/mol. The number of aromatic amines is 2. The molecular weight excluding hydrogens is 294 g/mol. The zero-order valence-corrected chi connectivity index (χ0v) is 12.7. The van der Waals surface area contributed by atoms with Crippen molar-refractivity contribution in [3.05, 3.63) is 53.1 Å². The Labute approximate surface area is 131 Å². The van der Waals surface area contributed by atoms with Crippen molar-refractivity contribution < 1.29 is 9.47 Å². The average Bonchev–Trinajstić information content (AvgIpc) is 3.20. The monoisotopic (exact) mass is 309 g/mol. The van der Waals surface area contributed by atoms with Crippen molar-refractivity contribution in [2.45, 2.75) is 0 Å². The van der Waals surface area contributed by atoms with Gasteiger partial charge in [0.1, 0.15) is 11.2 Å². The number of nitrogens with one attached hydrogen (secondary N) is 2. The van der Waals surface area contributed by atoms with Gasteiger partial charge in [0.05, 0.1) is 19.7 Å². The van der Waals surface area contributed by atoms with Gasteiger partial charge in [0.15, 0.2) is 11.5 Å². The summed E-state index contributed by atoms with van der Waals surface area (Å²) in [6.45, 7) is 0. The minimum absolute atomic E-state index is 0.122. The molecule has 3 heterocycles. The molecule has 4 aromatic rings. The van der Waals surface area contributed by atoms with Gasteiger partial charge < -0.3 is 23.8 Å². The normalized spacial score (nSPS) is 11.2. The minimum atomic E-state index is -0.122. The largest absolute Gasteiger partial charge is 0.493 e. The Bertz CT molecular complexity index is 1070. The van der Waals surface area contributed by atoms with Crippen LogP contribution >= 0.6 is 0 Å². The summed E-state index contributed by atoms with van der Waals surface area (Å²) in [4.78, 5) is 18.0. The molecule has 3 aromatic heterocycles. The summed E-state index contributed by atoms with van der Waals surface area (Å²) in [5.74, 6) is 1.34. The van der Waals surface area contributed by atoms with E-state index in [1.165, 1.54) is 0 Å². The molecule has 0 aliphatic carbocycles. The molecule has 6 nitrogen and oxygen atoms in total. The highest BCUT2D eigenvalue weighted by molar-refractivity contribution is 5.92. The van der Waals surface area contributed by atoms with E-state index in [-0.39, 0.29) is 5.56 Å². The molecule has 4 rings (SSSR count). The molecule has 6 heteroatoms. The summed E-state index contributed by atoms with van der Waals surface area (Å²) in [5.41, 5.74) is 4.02. The Morgan fingerprint density at radius 3 is 2.70 bits per heavy atom. The third-order valence-electron chi connectivity index (χ3n) is 4.01. The van der Waals surface area contributed by atoms with Crippen LogP contribution in [0, 0.1) is 0 Å². The third-order valence-corrected chi connectivity index (χ3v) is 4.01. The minimum Gasteiger partial charge on any atom is -0.493 e. The Balaban J connectivity index is 2.03. The topological polar surface area (TPSA) is 71.5 Å². The summed E-state index contributed by atoms with van der Waals surface area (Å²) < 4.78 is 12.5. The van der Waals surface area contributed by atoms with Gasteiger partial charge in [-0.1, -0.05) is 6.07 Å². The maximum Gasteiger partial charge on any atom is 0.273 e. The number of benzene rings is 1. The molecule has 0 radical (unpaired) electrons. The van der Waals surface area contributed by atoms with E-state index >= 15 is 0 Å². The first-order valence-electron chi connectivity index (χ1n) is 7.16. The standard InChI is InChI=1S/C17H15N3O3/c1-22-13-6-5-10(8-14(13)23-2)11-9-18-16-15(11)20-7-3-4-12(20)17(21)19-16/h3-9,18H,1-2H3,(H,19,21). The Kier molecular flexibility index (Phi) is 2.90. The van der Waals surface area contributed by atoms with Gasteiger partial charge in [-0.15, -0.1) is 0 Å². The number of methoxy groups -OCH3 is 2. The van der Waals surface area contributed by atoms with Crippen LogP contribution in [-0.4, -0.2) is 28.6 Å². The summed E-state index contributed by atoms with van der Waals surface area (Å²) in [6, 6.07) is 9.40. The van der Waals surface area contributed by atoms with Crippen LogP contribution in [0.25, 0.3) is 27.8 Å².